The van der Waals surface area contributed by atoms with Crippen LogP contribution < -0.4 is 10.2 Å². The molecule has 1 aromatic rings. The third kappa shape index (κ3) is 5.67. The Morgan fingerprint density at radius 1 is 1.43 bits per heavy atom. The Balaban J connectivity index is 1.88. The van der Waals surface area contributed by atoms with E-state index >= 15 is 0 Å². The number of amides is 1. The van der Waals surface area contributed by atoms with E-state index < -0.39 is 5.60 Å². The predicted octanol–water partition coefficient (Wildman–Crippen LogP) is 1.77. The molecule has 0 bridgehead atoms. The minimum absolute atomic E-state index is 0.0715. The van der Waals surface area contributed by atoms with Crippen molar-refractivity contribution in [3.8, 4) is 0 Å². The Kier molecular flexibility index (Phi) is 5.76. The van der Waals surface area contributed by atoms with Crippen molar-refractivity contribution in [3.63, 3.8) is 0 Å². The molecule has 1 aromatic heterocycles. The molecule has 0 aliphatic carbocycles. The maximum Gasteiger partial charge on any atom is 0.407 e. The largest absolute Gasteiger partial charge is 0.444 e. The standard InChI is InChI=1S/C16H26N4O3/c1-16(2,3)23-15(21)19-13-5-7-20(10-13)14-9-12(6-8-22-4)17-11-18-14/h9,11,13H,5-8,10H2,1-4H3,(H,19,21). The molecule has 1 fully saturated rings. The fraction of sp³-hybridized carbons (Fsp3) is 0.688. The summed E-state index contributed by atoms with van der Waals surface area (Å²) in [7, 11) is 1.68. The Labute approximate surface area is 137 Å². The van der Waals surface area contributed by atoms with Crippen LogP contribution in [-0.2, 0) is 15.9 Å². The summed E-state index contributed by atoms with van der Waals surface area (Å²) in [5.74, 6) is 0.889. The topological polar surface area (TPSA) is 76.6 Å². The lowest BCUT2D eigenvalue weighted by Crippen LogP contribution is -2.40. The van der Waals surface area contributed by atoms with Gasteiger partial charge in [0, 0.05) is 38.4 Å². The molecular formula is C16H26N4O3. The average Bonchev–Trinajstić information content (AvgIpc) is 2.91. The molecule has 1 N–H and O–H groups in total. The molecular weight excluding hydrogens is 296 g/mol. The summed E-state index contributed by atoms with van der Waals surface area (Å²) in [4.78, 5) is 22.6. The van der Waals surface area contributed by atoms with Gasteiger partial charge in [0.15, 0.2) is 0 Å². The van der Waals surface area contributed by atoms with E-state index in [1.54, 1.807) is 13.4 Å². The minimum Gasteiger partial charge on any atom is -0.444 e. The molecule has 0 saturated carbocycles. The van der Waals surface area contributed by atoms with Gasteiger partial charge >= 0.3 is 6.09 Å². The molecule has 1 amide bonds. The van der Waals surface area contributed by atoms with Gasteiger partial charge in [0.05, 0.1) is 12.6 Å². The molecule has 2 heterocycles. The van der Waals surface area contributed by atoms with Crippen LogP contribution in [0.2, 0.25) is 0 Å². The number of hydrogen-bond acceptors (Lipinski definition) is 6. The van der Waals surface area contributed by atoms with Gasteiger partial charge in [0.2, 0.25) is 0 Å². The van der Waals surface area contributed by atoms with Gasteiger partial charge in [0.25, 0.3) is 0 Å². The van der Waals surface area contributed by atoms with Crippen LogP contribution in [0.1, 0.15) is 32.9 Å². The summed E-state index contributed by atoms with van der Waals surface area (Å²) in [6.07, 6.45) is 2.85. The van der Waals surface area contributed by atoms with Crippen molar-refractivity contribution in [1.29, 1.82) is 0 Å². The molecule has 0 spiro atoms. The number of methoxy groups -OCH3 is 1. The van der Waals surface area contributed by atoms with Crippen molar-refractivity contribution < 1.29 is 14.3 Å². The number of carbonyl (C=O) groups is 1. The second-order valence-corrected chi connectivity index (χ2v) is 6.69. The first-order valence-corrected chi connectivity index (χ1v) is 7.92. The first-order valence-electron chi connectivity index (χ1n) is 7.92. The van der Waals surface area contributed by atoms with Crippen LogP contribution in [0.3, 0.4) is 0 Å². The predicted molar refractivity (Wildman–Crippen MR) is 87.6 cm³/mol. The SMILES string of the molecule is COCCc1cc(N2CCC(NC(=O)OC(C)(C)C)C2)ncn1. The van der Waals surface area contributed by atoms with Crippen molar-refractivity contribution >= 4 is 11.9 Å². The zero-order chi connectivity index (χ0) is 16.9. The monoisotopic (exact) mass is 322 g/mol. The van der Waals surface area contributed by atoms with Crippen LogP contribution in [-0.4, -0.2) is 54.5 Å². The Morgan fingerprint density at radius 2 is 2.22 bits per heavy atom. The first kappa shape index (κ1) is 17.5. The molecule has 1 atom stereocenters. The van der Waals surface area contributed by atoms with E-state index in [1.807, 2.05) is 26.8 Å². The number of nitrogens with zero attached hydrogens (tertiary/aromatic N) is 3. The average molecular weight is 322 g/mol. The van der Waals surface area contributed by atoms with E-state index in [0.29, 0.717) is 6.61 Å². The molecule has 7 nitrogen and oxygen atoms in total. The van der Waals surface area contributed by atoms with Crippen molar-refractivity contribution in [1.82, 2.24) is 15.3 Å². The van der Waals surface area contributed by atoms with Gasteiger partial charge < -0.3 is 19.7 Å². The Morgan fingerprint density at radius 3 is 2.91 bits per heavy atom. The second-order valence-electron chi connectivity index (χ2n) is 6.69. The van der Waals surface area contributed by atoms with Crippen LogP contribution in [0.4, 0.5) is 10.6 Å². The molecule has 1 aliphatic rings. The lowest BCUT2D eigenvalue weighted by Gasteiger charge is -2.22. The fourth-order valence-corrected chi connectivity index (χ4v) is 2.46. The summed E-state index contributed by atoms with van der Waals surface area (Å²) in [5, 5.41) is 2.92. The molecule has 7 heteroatoms. The molecule has 1 saturated heterocycles. The lowest BCUT2D eigenvalue weighted by atomic mass is 10.2. The number of alkyl carbamates (subject to hydrolysis) is 1. The van der Waals surface area contributed by atoms with Crippen molar-refractivity contribution in [2.45, 2.75) is 45.3 Å². The Hall–Kier alpha value is -1.89. The fourth-order valence-electron chi connectivity index (χ4n) is 2.46. The third-order valence-electron chi connectivity index (χ3n) is 3.50. The number of hydrogen-bond donors (Lipinski definition) is 1. The maximum atomic E-state index is 11.8. The molecule has 1 aliphatic heterocycles. The van der Waals surface area contributed by atoms with E-state index in [2.05, 4.69) is 20.2 Å². The van der Waals surface area contributed by atoms with Crippen LogP contribution >= 0.6 is 0 Å². The zero-order valence-electron chi connectivity index (χ0n) is 14.3. The molecule has 23 heavy (non-hydrogen) atoms. The number of carbonyl (C=O) groups excluding carboxylic acids is 1. The van der Waals surface area contributed by atoms with Gasteiger partial charge in [-0.25, -0.2) is 14.8 Å². The molecule has 2 rings (SSSR count). The first-order chi connectivity index (χ1) is 10.9. The summed E-state index contributed by atoms with van der Waals surface area (Å²) >= 11 is 0. The minimum atomic E-state index is -0.481. The number of nitrogens with one attached hydrogen (secondary N) is 1. The highest BCUT2D eigenvalue weighted by atomic mass is 16.6. The zero-order valence-corrected chi connectivity index (χ0v) is 14.3. The molecule has 1 unspecified atom stereocenters. The number of ether oxygens (including phenoxy) is 2. The van der Waals surface area contributed by atoms with Gasteiger partial charge in [-0.1, -0.05) is 0 Å². The Bertz CT molecular complexity index is 530. The third-order valence-corrected chi connectivity index (χ3v) is 3.50. The summed E-state index contributed by atoms with van der Waals surface area (Å²) in [6.45, 7) is 7.78. The smallest absolute Gasteiger partial charge is 0.407 e. The van der Waals surface area contributed by atoms with Gasteiger partial charge in [-0.3, -0.25) is 0 Å². The molecule has 0 aromatic carbocycles. The second kappa shape index (κ2) is 7.59. The number of anilines is 1. The maximum absolute atomic E-state index is 11.8. The van der Waals surface area contributed by atoms with Crippen LogP contribution in [0, 0.1) is 0 Å². The van der Waals surface area contributed by atoms with Gasteiger partial charge in [-0.2, -0.15) is 0 Å². The molecule has 128 valence electrons. The van der Waals surface area contributed by atoms with E-state index in [9.17, 15) is 4.79 Å². The lowest BCUT2D eigenvalue weighted by molar-refractivity contribution is 0.0509. The van der Waals surface area contributed by atoms with Crippen LogP contribution in [0.15, 0.2) is 12.4 Å². The van der Waals surface area contributed by atoms with E-state index in [1.165, 1.54) is 0 Å². The van der Waals surface area contributed by atoms with Crippen LogP contribution in [0.25, 0.3) is 0 Å². The van der Waals surface area contributed by atoms with Crippen molar-refractivity contribution in [3.05, 3.63) is 18.1 Å². The van der Waals surface area contributed by atoms with E-state index in [0.717, 1.165) is 37.4 Å². The highest BCUT2D eigenvalue weighted by molar-refractivity contribution is 5.68. The van der Waals surface area contributed by atoms with Crippen molar-refractivity contribution in [2.75, 3.05) is 31.7 Å². The number of rotatable bonds is 5. The highest BCUT2D eigenvalue weighted by Gasteiger charge is 2.27. The summed E-state index contributed by atoms with van der Waals surface area (Å²) in [6, 6.07) is 2.05. The quantitative estimate of drug-likeness (QED) is 0.890. The highest BCUT2D eigenvalue weighted by Crippen LogP contribution is 2.19. The number of aromatic nitrogens is 2. The summed E-state index contributed by atoms with van der Waals surface area (Å²) in [5.41, 5.74) is 0.478. The van der Waals surface area contributed by atoms with Gasteiger partial charge in [-0.05, 0) is 27.2 Å². The van der Waals surface area contributed by atoms with Crippen molar-refractivity contribution in [2.24, 2.45) is 0 Å². The summed E-state index contributed by atoms with van der Waals surface area (Å²) < 4.78 is 10.4. The molecule has 0 radical (unpaired) electrons. The van der Waals surface area contributed by atoms with Crippen LogP contribution in [0.5, 0.6) is 0 Å². The normalized spacial score (nSPS) is 18.1. The van der Waals surface area contributed by atoms with E-state index in [-0.39, 0.29) is 12.1 Å². The van der Waals surface area contributed by atoms with Gasteiger partial charge in [-0.15, -0.1) is 0 Å². The van der Waals surface area contributed by atoms with E-state index in [4.69, 9.17) is 9.47 Å². The van der Waals surface area contributed by atoms with Gasteiger partial charge in [0.1, 0.15) is 17.7 Å².